The van der Waals surface area contributed by atoms with Crippen LogP contribution in [0.2, 0.25) is 0 Å². The molecule has 4 nitrogen and oxygen atoms in total. The monoisotopic (exact) mass is 271 g/mol. The molecule has 0 amide bonds. The van der Waals surface area contributed by atoms with Crippen molar-refractivity contribution in [1.29, 1.82) is 0 Å². The number of rotatable bonds is 5. The van der Waals surface area contributed by atoms with Crippen LogP contribution < -0.4 is 10.1 Å². The van der Waals surface area contributed by atoms with E-state index in [9.17, 15) is 0 Å². The topological polar surface area (TPSA) is 49.9 Å². The fraction of sp³-hybridized carbons (Fsp3) is 0.438. The number of nitrogens with one attached hydrogen (secondary N) is 2. The van der Waals surface area contributed by atoms with E-state index in [4.69, 9.17) is 4.74 Å². The Labute approximate surface area is 119 Å². The number of para-hydroxylation sites is 1. The Morgan fingerprint density at radius 3 is 2.90 bits per heavy atom. The second kappa shape index (κ2) is 6.09. The van der Waals surface area contributed by atoms with Gasteiger partial charge in [0.25, 0.3) is 0 Å². The van der Waals surface area contributed by atoms with Gasteiger partial charge in [-0.25, -0.2) is 4.98 Å². The molecule has 1 aromatic carbocycles. The Kier molecular flexibility index (Phi) is 4.02. The Hall–Kier alpha value is -1.81. The van der Waals surface area contributed by atoms with Gasteiger partial charge < -0.3 is 15.0 Å². The fourth-order valence-corrected chi connectivity index (χ4v) is 2.83. The van der Waals surface area contributed by atoms with E-state index in [0.29, 0.717) is 6.04 Å². The van der Waals surface area contributed by atoms with E-state index < -0.39 is 0 Å². The molecule has 2 N–H and O–H groups in total. The summed E-state index contributed by atoms with van der Waals surface area (Å²) in [5.41, 5.74) is 2.06. The van der Waals surface area contributed by atoms with Gasteiger partial charge in [0, 0.05) is 11.6 Å². The average molecular weight is 271 g/mol. The Balaban J connectivity index is 1.69. The number of hydrogen-bond acceptors (Lipinski definition) is 3. The van der Waals surface area contributed by atoms with Crippen molar-refractivity contribution in [3.63, 3.8) is 0 Å². The van der Waals surface area contributed by atoms with Crippen molar-refractivity contribution in [3.8, 4) is 17.0 Å². The first-order valence-corrected chi connectivity index (χ1v) is 7.27. The van der Waals surface area contributed by atoms with Crippen LogP contribution >= 0.6 is 0 Å². The van der Waals surface area contributed by atoms with E-state index in [1.54, 1.807) is 7.11 Å². The van der Waals surface area contributed by atoms with Crippen molar-refractivity contribution >= 4 is 0 Å². The zero-order valence-electron chi connectivity index (χ0n) is 11.9. The lowest BCUT2D eigenvalue weighted by Gasteiger charge is -2.09. The van der Waals surface area contributed by atoms with Crippen LogP contribution in [0.5, 0.6) is 5.75 Å². The highest BCUT2D eigenvalue weighted by Gasteiger charge is 2.15. The minimum atomic E-state index is 0.662. The normalized spacial score (nSPS) is 15.7. The highest BCUT2D eigenvalue weighted by atomic mass is 16.5. The van der Waals surface area contributed by atoms with Gasteiger partial charge in [-0.3, -0.25) is 0 Å². The number of nitrogens with zero attached hydrogens (tertiary/aromatic N) is 1. The van der Waals surface area contributed by atoms with Gasteiger partial charge >= 0.3 is 0 Å². The zero-order chi connectivity index (χ0) is 13.8. The predicted molar refractivity (Wildman–Crippen MR) is 79.7 cm³/mol. The van der Waals surface area contributed by atoms with Gasteiger partial charge in [0.1, 0.15) is 11.6 Å². The highest BCUT2D eigenvalue weighted by molar-refractivity contribution is 5.66. The molecule has 20 heavy (non-hydrogen) atoms. The molecule has 0 atom stereocenters. The third kappa shape index (κ3) is 2.85. The van der Waals surface area contributed by atoms with E-state index >= 15 is 0 Å². The third-order valence-electron chi connectivity index (χ3n) is 3.94. The first-order chi connectivity index (χ1) is 9.86. The van der Waals surface area contributed by atoms with Crippen molar-refractivity contribution in [1.82, 2.24) is 15.3 Å². The molecule has 1 aromatic heterocycles. The van der Waals surface area contributed by atoms with E-state index in [2.05, 4.69) is 15.3 Å². The lowest BCUT2D eigenvalue weighted by molar-refractivity contribution is 0.416. The number of hydrogen-bond donors (Lipinski definition) is 2. The average Bonchev–Trinajstić information content (AvgIpc) is 3.16. The summed E-state index contributed by atoms with van der Waals surface area (Å²) in [4.78, 5) is 7.83. The molecule has 1 aliphatic carbocycles. The van der Waals surface area contributed by atoms with E-state index in [1.165, 1.54) is 25.7 Å². The second-order valence-electron chi connectivity index (χ2n) is 5.31. The van der Waals surface area contributed by atoms with Crippen LogP contribution in [-0.2, 0) is 6.54 Å². The van der Waals surface area contributed by atoms with Gasteiger partial charge in [-0.2, -0.15) is 0 Å². The molecule has 0 bridgehead atoms. The van der Waals surface area contributed by atoms with Crippen LogP contribution in [0.25, 0.3) is 11.3 Å². The van der Waals surface area contributed by atoms with Gasteiger partial charge in [0.05, 0.1) is 25.5 Å². The molecule has 0 spiro atoms. The van der Waals surface area contributed by atoms with Crippen molar-refractivity contribution in [2.75, 3.05) is 7.11 Å². The Morgan fingerprint density at radius 2 is 2.10 bits per heavy atom. The molecule has 0 unspecified atom stereocenters. The number of ether oxygens (including phenoxy) is 1. The van der Waals surface area contributed by atoms with Crippen molar-refractivity contribution < 1.29 is 4.74 Å². The summed E-state index contributed by atoms with van der Waals surface area (Å²) >= 11 is 0. The molecule has 106 valence electrons. The summed E-state index contributed by atoms with van der Waals surface area (Å²) in [6.45, 7) is 0.805. The first-order valence-electron chi connectivity index (χ1n) is 7.27. The number of aromatic nitrogens is 2. The van der Waals surface area contributed by atoms with Crippen molar-refractivity contribution in [2.24, 2.45) is 0 Å². The van der Waals surface area contributed by atoms with Crippen molar-refractivity contribution in [2.45, 2.75) is 38.3 Å². The number of benzene rings is 1. The zero-order valence-corrected chi connectivity index (χ0v) is 11.9. The quantitative estimate of drug-likeness (QED) is 0.878. The summed E-state index contributed by atoms with van der Waals surface area (Å²) in [6, 6.07) is 8.65. The van der Waals surface area contributed by atoms with E-state index in [1.807, 2.05) is 30.5 Å². The van der Waals surface area contributed by atoms with Crippen LogP contribution in [0, 0.1) is 0 Å². The number of H-pyrrole nitrogens is 1. The molecule has 0 saturated heterocycles. The van der Waals surface area contributed by atoms with Crippen LogP contribution in [0.15, 0.2) is 30.5 Å². The molecule has 0 radical (unpaired) electrons. The van der Waals surface area contributed by atoms with Crippen molar-refractivity contribution in [3.05, 3.63) is 36.3 Å². The molecule has 4 heteroatoms. The summed E-state index contributed by atoms with van der Waals surface area (Å²) in [7, 11) is 1.69. The van der Waals surface area contributed by atoms with Gasteiger partial charge in [0.2, 0.25) is 0 Å². The predicted octanol–water partition coefficient (Wildman–Crippen LogP) is 3.12. The second-order valence-corrected chi connectivity index (χ2v) is 5.31. The standard InChI is InChI=1S/C16H21N3O/c1-20-15-9-5-4-8-13(15)14-10-18-16(19-14)11-17-12-6-2-3-7-12/h4-5,8-10,12,17H,2-3,6-7,11H2,1H3,(H,18,19). The third-order valence-corrected chi connectivity index (χ3v) is 3.94. The van der Waals surface area contributed by atoms with Gasteiger partial charge in [-0.05, 0) is 25.0 Å². The van der Waals surface area contributed by atoms with Gasteiger partial charge in [-0.15, -0.1) is 0 Å². The van der Waals surface area contributed by atoms with Crippen LogP contribution in [0.4, 0.5) is 0 Å². The van der Waals surface area contributed by atoms with E-state index in [-0.39, 0.29) is 0 Å². The Morgan fingerprint density at radius 1 is 1.30 bits per heavy atom. The minimum absolute atomic E-state index is 0.662. The van der Waals surface area contributed by atoms with Gasteiger partial charge in [-0.1, -0.05) is 25.0 Å². The maximum absolute atomic E-state index is 5.39. The molecule has 3 rings (SSSR count). The number of methoxy groups -OCH3 is 1. The maximum atomic E-state index is 5.39. The molecule has 1 fully saturated rings. The summed E-state index contributed by atoms with van der Waals surface area (Å²) < 4.78 is 5.39. The lowest BCUT2D eigenvalue weighted by atomic mass is 10.1. The molecule has 1 saturated carbocycles. The largest absolute Gasteiger partial charge is 0.496 e. The SMILES string of the molecule is COc1ccccc1-c1cnc(CNC2CCCC2)[nH]1. The lowest BCUT2D eigenvalue weighted by Crippen LogP contribution is -2.25. The first kappa shape index (κ1) is 13.2. The minimum Gasteiger partial charge on any atom is -0.496 e. The van der Waals surface area contributed by atoms with Crippen LogP contribution in [0.3, 0.4) is 0 Å². The number of aromatic amines is 1. The molecule has 1 aliphatic rings. The summed E-state index contributed by atoms with van der Waals surface area (Å²) in [6.07, 6.45) is 7.16. The molecular weight excluding hydrogens is 250 g/mol. The number of imidazole rings is 1. The Bertz CT molecular complexity index is 558. The maximum Gasteiger partial charge on any atom is 0.128 e. The molecular formula is C16H21N3O. The molecule has 0 aliphatic heterocycles. The van der Waals surface area contributed by atoms with Crippen LogP contribution in [-0.4, -0.2) is 23.1 Å². The molecule has 2 aromatic rings. The van der Waals surface area contributed by atoms with Gasteiger partial charge in [0.15, 0.2) is 0 Å². The van der Waals surface area contributed by atoms with E-state index in [0.717, 1.165) is 29.4 Å². The molecule has 1 heterocycles. The van der Waals surface area contributed by atoms with Crippen LogP contribution in [0.1, 0.15) is 31.5 Å². The highest BCUT2D eigenvalue weighted by Crippen LogP contribution is 2.28. The summed E-state index contributed by atoms with van der Waals surface area (Å²) in [5, 5.41) is 3.57. The fourth-order valence-electron chi connectivity index (χ4n) is 2.83. The summed E-state index contributed by atoms with van der Waals surface area (Å²) in [5.74, 6) is 1.85. The smallest absolute Gasteiger partial charge is 0.128 e.